The van der Waals surface area contributed by atoms with Crippen molar-refractivity contribution in [3.8, 4) is 0 Å². The van der Waals surface area contributed by atoms with Gasteiger partial charge in [0, 0.05) is 10.8 Å². The molecule has 2 nitrogen and oxygen atoms in total. The summed E-state index contributed by atoms with van der Waals surface area (Å²) in [5.74, 6) is 0. The van der Waals surface area contributed by atoms with E-state index in [1.54, 1.807) is 0 Å². The van der Waals surface area contributed by atoms with E-state index in [1.807, 2.05) is 42.5 Å². The molecular weight excluding hydrogens is 268 g/mol. The fraction of sp³-hybridized carbons (Fsp3) is 0.235. The highest BCUT2D eigenvalue weighted by atomic mass is 32.2. The first kappa shape index (κ1) is 13.4. The zero-order chi connectivity index (χ0) is 13.9. The minimum Gasteiger partial charge on any atom is -0.392 e. The van der Waals surface area contributed by atoms with Crippen molar-refractivity contribution in [2.45, 2.75) is 24.2 Å². The molecule has 0 unspecified atom stereocenters. The topological polar surface area (TPSA) is 37.3 Å². The molecule has 2 aromatic rings. The van der Waals surface area contributed by atoms with Crippen LogP contribution in [0.25, 0.3) is 0 Å². The largest absolute Gasteiger partial charge is 0.392 e. The van der Waals surface area contributed by atoms with E-state index in [1.165, 1.54) is 22.9 Å². The predicted octanol–water partition coefficient (Wildman–Crippen LogP) is 3.09. The molecule has 1 aliphatic carbocycles. The lowest BCUT2D eigenvalue weighted by Crippen LogP contribution is -2.33. The first-order chi connectivity index (χ1) is 9.74. The van der Waals surface area contributed by atoms with Gasteiger partial charge in [-0.15, -0.1) is 0 Å². The summed E-state index contributed by atoms with van der Waals surface area (Å²) in [7, 11) is 0. The molecule has 0 heterocycles. The van der Waals surface area contributed by atoms with E-state index in [2.05, 4.69) is 12.1 Å². The van der Waals surface area contributed by atoms with Crippen molar-refractivity contribution in [2.75, 3.05) is 0 Å². The van der Waals surface area contributed by atoms with E-state index in [-0.39, 0.29) is 10.4 Å². The average Bonchev–Trinajstić information content (AvgIpc) is 2.49. The van der Waals surface area contributed by atoms with Crippen LogP contribution in [0.3, 0.4) is 0 Å². The molecule has 0 saturated heterocycles. The van der Waals surface area contributed by atoms with Gasteiger partial charge in [-0.05, 0) is 24.0 Å². The number of thioether (sulfide) groups is 1. The molecule has 0 radical (unpaired) electrons. The van der Waals surface area contributed by atoms with E-state index in [0.717, 1.165) is 6.42 Å². The van der Waals surface area contributed by atoms with Crippen LogP contribution in [0.2, 0.25) is 0 Å². The van der Waals surface area contributed by atoms with E-state index in [4.69, 9.17) is 0 Å². The van der Waals surface area contributed by atoms with Gasteiger partial charge < -0.3 is 5.11 Å². The molecule has 0 aliphatic heterocycles. The number of hydrogen-bond donors (Lipinski definition) is 1. The molecule has 2 aromatic carbocycles. The summed E-state index contributed by atoms with van der Waals surface area (Å²) in [6.07, 6.45) is 0.929. The third-order valence-corrected chi connectivity index (χ3v) is 4.90. The van der Waals surface area contributed by atoms with E-state index < -0.39 is 6.10 Å². The lowest BCUT2D eigenvalue weighted by molar-refractivity contribution is 0.108. The molecule has 3 rings (SSSR count). The van der Waals surface area contributed by atoms with Gasteiger partial charge in [-0.2, -0.15) is 0 Å². The molecule has 2 atom stereocenters. The van der Waals surface area contributed by atoms with Crippen LogP contribution in [0.15, 0.2) is 54.6 Å². The Morgan fingerprint density at radius 1 is 0.950 bits per heavy atom. The first-order valence-corrected chi connectivity index (χ1v) is 7.63. The molecule has 102 valence electrons. The molecule has 1 N–H and O–H groups in total. The quantitative estimate of drug-likeness (QED) is 0.921. The number of carbonyl (C=O) groups is 1. The molecule has 0 amide bonds. The number of rotatable bonds is 2. The molecule has 0 fully saturated rings. The fourth-order valence-electron chi connectivity index (χ4n) is 2.57. The van der Waals surface area contributed by atoms with Crippen LogP contribution in [0.5, 0.6) is 0 Å². The van der Waals surface area contributed by atoms with Crippen molar-refractivity contribution in [1.82, 2.24) is 0 Å². The Bertz CT molecular complexity index is 609. The Balaban J connectivity index is 1.74. The van der Waals surface area contributed by atoms with Gasteiger partial charge in [0.05, 0.1) is 6.10 Å². The Morgan fingerprint density at radius 3 is 2.25 bits per heavy atom. The van der Waals surface area contributed by atoms with Crippen molar-refractivity contribution >= 4 is 16.9 Å². The molecule has 0 aromatic heterocycles. The summed E-state index contributed by atoms with van der Waals surface area (Å²) >= 11 is 1.26. The SMILES string of the molecule is O=C(S[C@@H]1Cc2ccccc2C[C@H]1O)c1ccccc1. The van der Waals surface area contributed by atoms with Gasteiger partial charge in [0.2, 0.25) is 5.12 Å². The van der Waals surface area contributed by atoms with Crippen LogP contribution in [-0.4, -0.2) is 21.6 Å². The molecule has 0 spiro atoms. The van der Waals surface area contributed by atoms with Crippen LogP contribution in [0.1, 0.15) is 21.5 Å². The van der Waals surface area contributed by atoms with Gasteiger partial charge >= 0.3 is 0 Å². The van der Waals surface area contributed by atoms with Crippen LogP contribution in [0, 0.1) is 0 Å². The maximum atomic E-state index is 12.2. The Labute approximate surface area is 122 Å². The zero-order valence-electron chi connectivity index (χ0n) is 11.0. The van der Waals surface area contributed by atoms with E-state index >= 15 is 0 Å². The van der Waals surface area contributed by atoms with Crippen molar-refractivity contribution in [2.24, 2.45) is 0 Å². The molecule has 20 heavy (non-hydrogen) atoms. The highest BCUT2D eigenvalue weighted by Gasteiger charge is 2.29. The van der Waals surface area contributed by atoms with Crippen LogP contribution < -0.4 is 0 Å². The Morgan fingerprint density at radius 2 is 1.55 bits per heavy atom. The standard InChI is InChI=1S/C17H16O2S/c18-15-10-13-8-4-5-9-14(13)11-16(15)20-17(19)12-6-2-1-3-7-12/h1-9,15-16,18H,10-11H2/t15-,16-/m1/s1. The summed E-state index contributed by atoms with van der Waals surface area (Å²) in [5, 5.41) is 10.2. The van der Waals surface area contributed by atoms with Gasteiger partial charge in [-0.3, -0.25) is 4.79 Å². The minimum atomic E-state index is -0.456. The monoisotopic (exact) mass is 284 g/mol. The van der Waals surface area contributed by atoms with Crippen LogP contribution >= 0.6 is 11.8 Å². The number of fused-ring (bicyclic) bond motifs is 1. The van der Waals surface area contributed by atoms with Gasteiger partial charge in [0.15, 0.2) is 0 Å². The van der Waals surface area contributed by atoms with Gasteiger partial charge in [-0.25, -0.2) is 0 Å². The number of carbonyl (C=O) groups excluding carboxylic acids is 1. The van der Waals surface area contributed by atoms with Gasteiger partial charge in [0.25, 0.3) is 0 Å². The highest BCUT2D eigenvalue weighted by molar-refractivity contribution is 8.14. The van der Waals surface area contributed by atoms with Crippen LogP contribution in [-0.2, 0) is 12.8 Å². The average molecular weight is 284 g/mol. The second-order valence-electron chi connectivity index (χ2n) is 5.05. The zero-order valence-corrected chi connectivity index (χ0v) is 11.8. The minimum absolute atomic E-state index is 0.0361. The van der Waals surface area contributed by atoms with Crippen molar-refractivity contribution in [1.29, 1.82) is 0 Å². The molecule has 0 bridgehead atoms. The molecule has 1 aliphatic rings. The maximum absolute atomic E-state index is 12.2. The van der Waals surface area contributed by atoms with Crippen molar-refractivity contribution in [3.05, 3.63) is 71.3 Å². The maximum Gasteiger partial charge on any atom is 0.219 e. The fourth-order valence-corrected chi connectivity index (χ4v) is 3.63. The van der Waals surface area contributed by atoms with Crippen LogP contribution in [0.4, 0.5) is 0 Å². The Kier molecular flexibility index (Phi) is 3.90. The van der Waals surface area contributed by atoms with E-state index in [9.17, 15) is 9.90 Å². The summed E-state index contributed by atoms with van der Waals surface area (Å²) in [6.45, 7) is 0. The molecule has 0 saturated carbocycles. The normalized spacial score (nSPS) is 21.2. The van der Waals surface area contributed by atoms with Gasteiger partial charge in [0.1, 0.15) is 0 Å². The summed E-state index contributed by atoms with van der Waals surface area (Å²) < 4.78 is 0. The van der Waals surface area contributed by atoms with Crippen molar-refractivity contribution in [3.63, 3.8) is 0 Å². The lowest BCUT2D eigenvalue weighted by Gasteiger charge is -2.28. The van der Waals surface area contributed by atoms with Crippen molar-refractivity contribution < 1.29 is 9.90 Å². The number of aliphatic hydroxyl groups excluding tert-OH is 1. The number of benzene rings is 2. The summed E-state index contributed by atoms with van der Waals surface area (Å²) in [6, 6.07) is 17.4. The Hall–Kier alpha value is -1.58. The van der Waals surface area contributed by atoms with E-state index in [0.29, 0.717) is 12.0 Å². The summed E-state index contributed by atoms with van der Waals surface area (Å²) in [5.41, 5.74) is 3.14. The first-order valence-electron chi connectivity index (χ1n) is 6.75. The molecule has 3 heteroatoms. The summed E-state index contributed by atoms with van der Waals surface area (Å²) in [4.78, 5) is 12.2. The molecular formula is C17H16O2S. The number of aliphatic hydroxyl groups is 1. The second-order valence-corrected chi connectivity index (χ2v) is 6.27. The number of hydrogen-bond acceptors (Lipinski definition) is 3. The van der Waals surface area contributed by atoms with Gasteiger partial charge in [-0.1, -0.05) is 66.4 Å². The smallest absolute Gasteiger partial charge is 0.219 e. The third-order valence-electron chi connectivity index (χ3n) is 3.67. The predicted molar refractivity (Wildman–Crippen MR) is 82.0 cm³/mol. The third kappa shape index (κ3) is 2.79. The highest BCUT2D eigenvalue weighted by Crippen LogP contribution is 2.31. The lowest BCUT2D eigenvalue weighted by atomic mass is 9.89. The second kappa shape index (κ2) is 5.81.